The summed E-state index contributed by atoms with van der Waals surface area (Å²) < 4.78 is 10.3. The maximum absolute atomic E-state index is 5.17. The lowest BCUT2D eigenvalue weighted by Gasteiger charge is -2.07. The van der Waals surface area contributed by atoms with Crippen LogP contribution in [0.4, 0.5) is 5.69 Å². The van der Waals surface area contributed by atoms with E-state index in [1.165, 1.54) is 0 Å². The van der Waals surface area contributed by atoms with Gasteiger partial charge in [-0.3, -0.25) is 0 Å². The van der Waals surface area contributed by atoms with Crippen molar-refractivity contribution in [3.8, 4) is 5.75 Å². The second-order valence-electron chi connectivity index (χ2n) is 3.89. The number of nitrogens with zero attached hydrogens (tertiary/aromatic N) is 1. The average molecular weight is 232 g/mol. The molecule has 0 saturated heterocycles. The van der Waals surface area contributed by atoms with Gasteiger partial charge in [-0.15, -0.1) is 0 Å². The Morgan fingerprint density at radius 2 is 2.18 bits per heavy atom. The molecule has 1 N–H and O–H groups in total. The van der Waals surface area contributed by atoms with Crippen molar-refractivity contribution in [2.75, 3.05) is 12.4 Å². The average Bonchev–Trinajstić information content (AvgIpc) is 2.67. The topological polar surface area (TPSA) is 47.3 Å². The molecule has 17 heavy (non-hydrogen) atoms. The molecule has 1 aromatic carbocycles. The van der Waals surface area contributed by atoms with Gasteiger partial charge in [-0.1, -0.05) is 11.2 Å². The summed E-state index contributed by atoms with van der Waals surface area (Å²) in [6, 6.07) is 7.83. The van der Waals surface area contributed by atoms with Gasteiger partial charge in [0.2, 0.25) is 0 Å². The summed E-state index contributed by atoms with van der Waals surface area (Å²) in [6.45, 7) is 4.57. The molecule has 2 aromatic rings. The minimum Gasteiger partial charge on any atom is -0.497 e. The van der Waals surface area contributed by atoms with Crippen molar-refractivity contribution in [1.29, 1.82) is 0 Å². The third kappa shape index (κ3) is 2.58. The molecule has 90 valence electrons. The Balaban J connectivity index is 2.07. The maximum Gasteiger partial charge on any atom is 0.138 e. The predicted octanol–water partition coefficient (Wildman–Crippen LogP) is 2.91. The van der Waals surface area contributed by atoms with Crippen molar-refractivity contribution in [3.63, 3.8) is 0 Å². The van der Waals surface area contributed by atoms with E-state index in [1.807, 2.05) is 38.1 Å². The standard InChI is InChI=1S/C13H16N2O2/c1-9-13(10(2)17-15-9)8-14-11-5-4-6-12(7-11)16-3/h4-7,14H,8H2,1-3H3. The van der Waals surface area contributed by atoms with E-state index in [9.17, 15) is 0 Å². The third-order valence-electron chi connectivity index (χ3n) is 2.72. The Bertz CT molecular complexity index is 486. The number of aryl methyl sites for hydroxylation is 2. The van der Waals surface area contributed by atoms with Crippen LogP contribution in [-0.4, -0.2) is 12.3 Å². The first-order chi connectivity index (χ1) is 8.20. The van der Waals surface area contributed by atoms with E-state index < -0.39 is 0 Å². The first-order valence-electron chi connectivity index (χ1n) is 5.50. The Hall–Kier alpha value is -1.97. The largest absolute Gasteiger partial charge is 0.497 e. The van der Waals surface area contributed by atoms with Crippen molar-refractivity contribution < 1.29 is 9.26 Å². The van der Waals surface area contributed by atoms with Crippen LogP contribution in [0.5, 0.6) is 5.75 Å². The lowest BCUT2D eigenvalue weighted by Crippen LogP contribution is -2.01. The molecule has 0 bridgehead atoms. The molecule has 0 fully saturated rings. The molecule has 4 heteroatoms. The van der Waals surface area contributed by atoms with Crippen molar-refractivity contribution in [3.05, 3.63) is 41.3 Å². The molecule has 1 aromatic heterocycles. The predicted molar refractivity (Wildman–Crippen MR) is 66.3 cm³/mol. The Morgan fingerprint density at radius 3 is 2.82 bits per heavy atom. The zero-order valence-electron chi connectivity index (χ0n) is 10.3. The molecule has 1 heterocycles. The van der Waals surface area contributed by atoms with Crippen LogP contribution in [0.2, 0.25) is 0 Å². The second-order valence-corrected chi connectivity index (χ2v) is 3.89. The minimum atomic E-state index is 0.703. The smallest absolute Gasteiger partial charge is 0.138 e. The molecule has 0 radical (unpaired) electrons. The zero-order valence-corrected chi connectivity index (χ0v) is 10.3. The fourth-order valence-corrected chi connectivity index (χ4v) is 1.68. The van der Waals surface area contributed by atoms with Crippen LogP contribution in [0.15, 0.2) is 28.8 Å². The van der Waals surface area contributed by atoms with E-state index in [2.05, 4.69) is 10.5 Å². The monoisotopic (exact) mass is 232 g/mol. The third-order valence-corrected chi connectivity index (χ3v) is 2.72. The Kier molecular flexibility index (Phi) is 3.32. The number of methoxy groups -OCH3 is 1. The number of benzene rings is 1. The fraction of sp³-hybridized carbons (Fsp3) is 0.308. The van der Waals surface area contributed by atoms with Crippen LogP contribution in [-0.2, 0) is 6.54 Å². The highest BCUT2D eigenvalue weighted by atomic mass is 16.5. The molecule has 0 atom stereocenters. The minimum absolute atomic E-state index is 0.703. The summed E-state index contributed by atoms with van der Waals surface area (Å²) in [4.78, 5) is 0. The summed E-state index contributed by atoms with van der Waals surface area (Å²) in [6.07, 6.45) is 0. The van der Waals surface area contributed by atoms with E-state index in [0.29, 0.717) is 6.54 Å². The van der Waals surface area contributed by atoms with E-state index in [-0.39, 0.29) is 0 Å². The second kappa shape index (κ2) is 4.91. The summed E-state index contributed by atoms with van der Waals surface area (Å²) in [5, 5.41) is 7.25. The van der Waals surface area contributed by atoms with Crippen molar-refractivity contribution >= 4 is 5.69 Å². The van der Waals surface area contributed by atoms with Crippen LogP contribution >= 0.6 is 0 Å². The number of ether oxygens (including phenoxy) is 1. The quantitative estimate of drug-likeness (QED) is 0.880. The number of nitrogens with one attached hydrogen (secondary N) is 1. The number of anilines is 1. The van der Waals surface area contributed by atoms with Crippen LogP contribution in [0.3, 0.4) is 0 Å². The molecule has 0 aliphatic heterocycles. The molecule has 0 unspecified atom stereocenters. The summed E-state index contributed by atoms with van der Waals surface area (Å²) in [5.74, 6) is 1.70. The van der Waals surface area contributed by atoms with Gasteiger partial charge < -0.3 is 14.6 Å². The summed E-state index contributed by atoms with van der Waals surface area (Å²) >= 11 is 0. The molecule has 0 saturated carbocycles. The molecular formula is C13H16N2O2. The number of rotatable bonds is 4. The van der Waals surface area contributed by atoms with Gasteiger partial charge in [-0.25, -0.2) is 0 Å². The molecule has 0 amide bonds. The van der Waals surface area contributed by atoms with Crippen LogP contribution < -0.4 is 10.1 Å². The van der Waals surface area contributed by atoms with Gasteiger partial charge in [0.25, 0.3) is 0 Å². The maximum atomic E-state index is 5.17. The fourth-order valence-electron chi connectivity index (χ4n) is 1.68. The van der Waals surface area contributed by atoms with E-state index >= 15 is 0 Å². The molecule has 0 spiro atoms. The van der Waals surface area contributed by atoms with Gasteiger partial charge in [0.1, 0.15) is 11.5 Å². The summed E-state index contributed by atoms with van der Waals surface area (Å²) in [5.41, 5.74) is 3.05. The first-order valence-corrected chi connectivity index (χ1v) is 5.50. The zero-order chi connectivity index (χ0) is 12.3. The Morgan fingerprint density at radius 1 is 1.35 bits per heavy atom. The van der Waals surface area contributed by atoms with E-state index in [0.717, 1.165) is 28.5 Å². The van der Waals surface area contributed by atoms with E-state index in [1.54, 1.807) is 7.11 Å². The van der Waals surface area contributed by atoms with Crippen molar-refractivity contribution in [2.24, 2.45) is 0 Å². The molecular weight excluding hydrogens is 216 g/mol. The normalized spacial score (nSPS) is 10.3. The van der Waals surface area contributed by atoms with Crippen molar-refractivity contribution in [2.45, 2.75) is 20.4 Å². The molecule has 2 rings (SSSR count). The highest BCUT2D eigenvalue weighted by Gasteiger charge is 2.08. The van der Waals surface area contributed by atoms with Gasteiger partial charge >= 0.3 is 0 Å². The molecule has 0 aliphatic rings. The van der Waals surface area contributed by atoms with Gasteiger partial charge in [-0.2, -0.15) is 0 Å². The highest BCUT2D eigenvalue weighted by molar-refractivity contribution is 5.48. The first kappa shape index (κ1) is 11.5. The van der Waals surface area contributed by atoms with Gasteiger partial charge in [0.15, 0.2) is 0 Å². The van der Waals surface area contributed by atoms with Gasteiger partial charge in [0.05, 0.1) is 12.8 Å². The lowest BCUT2D eigenvalue weighted by atomic mass is 10.2. The summed E-state index contributed by atoms with van der Waals surface area (Å²) in [7, 11) is 1.66. The molecule has 0 aliphatic carbocycles. The van der Waals surface area contributed by atoms with Gasteiger partial charge in [-0.05, 0) is 26.0 Å². The van der Waals surface area contributed by atoms with Crippen LogP contribution in [0.1, 0.15) is 17.0 Å². The number of hydrogen-bond acceptors (Lipinski definition) is 4. The highest BCUT2D eigenvalue weighted by Crippen LogP contribution is 2.19. The molecule has 4 nitrogen and oxygen atoms in total. The van der Waals surface area contributed by atoms with E-state index in [4.69, 9.17) is 9.26 Å². The van der Waals surface area contributed by atoms with Crippen LogP contribution in [0.25, 0.3) is 0 Å². The number of aromatic nitrogens is 1. The van der Waals surface area contributed by atoms with Gasteiger partial charge in [0, 0.05) is 23.9 Å². The number of hydrogen-bond donors (Lipinski definition) is 1. The SMILES string of the molecule is COc1cccc(NCc2c(C)noc2C)c1. The van der Waals surface area contributed by atoms with Crippen molar-refractivity contribution in [1.82, 2.24) is 5.16 Å². The lowest BCUT2D eigenvalue weighted by molar-refractivity contribution is 0.392. The van der Waals surface area contributed by atoms with Crippen LogP contribution in [0, 0.1) is 13.8 Å². The Labute approximate surface area is 101 Å².